The summed E-state index contributed by atoms with van der Waals surface area (Å²) in [4.78, 5) is 13.8. The number of carbonyl (C=O) groups is 1. The zero-order valence-corrected chi connectivity index (χ0v) is 11.7. The van der Waals surface area contributed by atoms with Crippen LogP contribution in [0.25, 0.3) is 0 Å². The second kappa shape index (κ2) is 7.70. The van der Waals surface area contributed by atoms with Crippen molar-refractivity contribution in [3.63, 3.8) is 0 Å². The van der Waals surface area contributed by atoms with Crippen molar-refractivity contribution < 1.29 is 4.79 Å². The van der Waals surface area contributed by atoms with Crippen LogP contribution in [0.15, 0.2) is 0 Å². The third kappa shape index (κ3) is 4.66. The van der Waals surface area contributed by atoms with E-state index >= 15 is 0 Å². The van der Waals surface area contributed by atoms with Gasteiger partial charge < -0.3 is 10.2 Å². The van der Waals surface area contributed by atoms with Gasteiger partial charge in [0.1, 0.15) is 0 Å². The molecule has 0 unspecified atom stereocenters. The van der Waals surface area contributed by atoms with E-state index in [1.54, 1.807) is 0 Å². The summed E-state index contributed by atoms with van der Waals surface area (Å²) in [7, 11) is 1.97. The average molecular weight is 240 g/mol. The smallest absolute Gasteiger partial charge is 0.222 e. The number of amides is 1. The number of carbonyl (C=O) groups excluding carboxylic acids is 1. The lowest BCUT2D eigenvalue weighted by Gasteiger charge is -2.35. The van der Waals surface area contributed by atoms with Crippen LogP contribution in [0.1, 0.15) is 58.8 Å². The van der Waals surface area contributed by atoms with Gasteiger partial charge in [-0.05, 0) is 45.1 Å². The Labute approximate surface area is 106 Å². The first kappa shape index (κ1) is 14.5. The maximum Gasteiger partial charge on any atom is 0.222 e. The summed E-state index contributed by atoms with van der Waals surface area (Å²) in [5.41, 5.74) is 0. The Morgan fingerprint density at radius 2 is 1.82 bits per heavy atom. The van der Waals surface area contributed by atoms with Crippen LogP contribution in [-0.2, 0) is 4.79 Å². The molecule has 0 aromatic heterocycles. The lowest BCUT2D eigenvalue weighted by molar-refractivity contribution is -0.132. The molecule has 1 fully saturated rings. The van der Waals surface area contributed by atoms with Gasteiger partial charge in [0.15, 0.2) is 0 Å². The highest BCUT2D eigenvalue weighted by molar-refractivity contribution is 5.76. The molecule has 0 radical (unpaired) electrons. The van der Waals surface area contributed by atoms with Crippen molar-refractivity contribution in [1.29, 1.82) is 0 Å². The molecule has 0 spiro atoms. The van der Waals surface area contributed by atoms with Crippen molar-refractivity contribution in [2.45, 2.75) is 70.9 Å². The van der Waals surface area contributed by atoms with Crippen LogP contribution < -0.4 is 5.32 Å². The molecule has 17 heavy (non-hydrogen) atoms. The fourth-order valence-electron chi connectivity index (χ4n) is 2.61. The van der Waals surface area contributed by atoms with Gasteiger partial charge in [0.05, 0.1) is 0 Å². The molecule has 1 amide bonds. The molecule has 0 saturated heterocycles. The third-order valence-electron chi connectivity index (χ3n) is 3.78. The molecule has 1 saturated carbocycles. The van der Waals surface area contributed by atoms with Gasteiger partial charge in [-0.2, -0.15) is 0 Å². The highest BCUT2D eigenvalue weighted by Crippen LogP contribution is 2.23. The Morgan fingerprint density at radius 1 is 1.18 bits per heavy atom. The Morgan fingerprint density at radius 3 is 2.35 bits per heavy atom. The predicted molar refractivity (Wildman–Crippen MR) is 72.0 cm³/mol. The van der Waals surface area contributed by atoms with Crippen LogP contribution in [-0.4, -0.2) is 36.5 Å². The van der Waals surface area contributed by atoms with E-state index in [-0.39, 0.29) is 0 Å². The topological polar surface area (TPSA) is 32.3 Å². The lowest BCUT2D eigenvalue weighted by atomic mass is 9.90. The number of rotatable bonds is 6. The first-order valence-electron chi connectivity index (χ1n) is 7.18. The van der Waals surface area contributed by atoms with Gasteiger partial charge in [-0.3, -0.25) is 4.79 Å². The highest BCUT2D eigenvalue weighted by atomic mass is 16.2. The predicted octanol–water partition coefficient (Wildman–Crippen LogP) is 2.56. The first-order valence-corrected chi connectivity index (χ1v) is 7.18. The molecule has 3 heteroatoms. The summed E-state index contributed by atoms with van der Waals surface area (Å²) < 4.78 is 0. The third-order valence-corrected chi connectivity index (χ3v) is 3.78. The normalized spacial score (nSPS) is 24.6. The van der Waals surface area contributed by atoms with E-state index in [0.717, 1.165) is 25.8 Å². The molecule has 0 aromatic carbocycles. The van der Waals surface area contributed by atoms with Crippen LogP contribution in [0.2, 0.25) is 0 Å². The molecule has 0 heterocycles. The van der Waals surface area contributed by atoms with E-state index in [0.29, 0.717) is 24.4 Å². The fourth-order valence-corrected chi connectivity index (χ4v) is 2.61. The van der Waals surface area contributed by atoms with Crippen LogP contribution in [0.4, 0.5) is 0 Å². The molecule has 1 aliphatic carbocycles. The molecule has 1 N–H and O–H groups in total. The van der Waals surface area contributed by atoms with Crippen LogP contribution in [0.5, 0.6) is 0 Å². The molecular formula is C14H28N2O. The van der Waals surface area contributed by atoms with E-state index in [4.69, 9.17) is 0 Å². The molecule has 1 aliphatic rings. The van der Waals surface area contributed by atoms with Crippen LogP contribution in [0.3, 0.4) is 0 Å². The summed E-state index contributed by atoms with van der Waals surface area (Å²) in [6.45, 7) is 5.40. The molecule has 100 valence electrons. The molecule has 0 aromatic rings. The molecule has 0 aliphatic heterocycles. The van der Waals surface area contributed by atoms with Crippen LogP contribution in [0, 0.1) is 0 Å². The number of nitrogens with zero attached hydrogens (tertiary/aromatic N) is 1. The minimum absolute atomic E-state index is 0.317. The van der Waals surface area contributed by atoms with E-state index in [1.165, 1.54) is 19.3 Å². The second-order valence-electron chi connectivity index (χ2n) is 5.21. The summed E-state index contributed by atoms with van der Waals surface area (Å²) in [5, 5.41) is 3.58. The monoisotopic (exact) mass is 240 g/mol. The summed E-state index contributed by atoms with van der Waals surface area (Å²) in [6, 6.07) is 1.16. The van der Waals surface area contributed by atoms with Gasteiger partial charge in [-0.1, -0.05) is 13.8 Å². The minimum atomic E-state index is 0.317. The van der Waals surface area contributed by atoms with Crippen molar-refractivity contribution in [2.24, 2.45) is 0 Å². The van der Waals surface area contributed by atoms with E-state index in [1.807, 2.05) is 11.9 Å². The lowest BCUT2D eigenvalue weighted by Crippen LogP contribution is -2.43. The zero-order chi connectivity index (χ0) is 12.7. The van der Waals surface area contributed by atoms with Crippen molar-refractivity contribution in [3.8, 4) is 0 Å². The molecule has 0 bridgehead atoms. The zero-order valence-electron chi connectivity index (χ0n) is 11.7. The van der Waals surface area contributed by atoms with Gasteiger partial charge >= 0.3 is 0 Å². The fraction of sp³-hybridized carbons (Fsp3) is 0.929. The SMILES string of the molecule is CCCNC1CCC(N(C)C(=O)CCC)CC1. The van der Waals surface area contributed by atoms with Crippen molar-refractivity contribution in [2.75, 3.05) is 13.6 Å². The standard InChI is InChI=1S/C14H28N2O/c1-4-6-14(17)16(3)13-9-7-12(8-10-13)15-11-5-2/h12-13,15H,4-11H2,1-3H3. The van der Waals surface area contributed by atoms with Crippen molar-refractivity contribution >= 4 is 5.91 Å². The average Bonchev–Trinajstić information content (AvgIpc) is 2.36. The largest absolute Gasteiger partial charge is 0.343 e. The minimum Gasteiger partial charge on any atom is -0.343 e. The molecule has 0 atom stereocenters. The first-order chi connectivity index (χ1) is 8.19. The highest BCUT2D eigenvalue weighted by Gasteiger charge is 2.25. The van der Waals surface area contributed by atoms with E-state index < -0.39 is 0 Å². The van der Waals surface area contributed by atoms with Gasteiger partial charge in [0.25, 0.3) is 0 Å². The quantitative estimate of drug-likeness (QED) is 0.774. The number of hydrogen-bond acceptors (Lipinski definition) is 2. The van der Waals surface area contributed by atoms with Gasteiger partial charge in [0, 0.05) is 25.6 Å². The second-order valence-corrected chi connectivity index (χ2v) is 5.21. The number of hydrogen-bond donors (Lipinski definition) is 1. The molecule has 3 nitrogen and oxygen atoms in total. The van der Waals surface area contributed by atoms with Gasteiger partial charge in [-0.15, -0.1) is 0 Å². The molecular weight excluding hydrogens is 212 g/mol. The summed E-state index contributed by atoms with van der Waals surface area (Å²) in [5.74, 6) is 0.317. The van der Waals surface area contributed by atoms with Crippen molar-refractivity contribution in [3.05, 3.63) is 0 Å². The Balaban J connectivity index is 2.28. The Kier molecular flexibility index (Phi) is 6.56. The maximum absolute atomic E-state index is 11.8. The van der Waals surface area contributed by atoms with Crippen LogP contribution >= 0.6 is 0 Å². The van der Waals surface area contributed by atoms with Crippen molar-refractivity contribution in [1.82, 2.24) is 10.2 Å². The Bertz CT molecular complexity index is 222. The van der Waals surface area contributed by atoms with E-state index in [2.05, 4.69) is 19.2 Å². The Hall–Kier alpha value is -0.570. The van der Waals surface area contributed by atoms with Gasteiger partial charge in [0.2, 0.25) is 5.91 Å². The van der Waals surface area contributed by atoms with Gasteiger partial charge in [-0.25, -0.2) is 0 Å². The summed E-state index contributed by atoms with van der Waals surface area (Å²) >= 11 is 0. The maximum atomic E-state index is 11.8. The molecule has 1 rings (SSSR count). The number of nitrogens with one attached hydrogen (secondary N) is 1. The van der Waals surface area contributed by atoms with E-state index in [9.17, 15) is 4.79 Å². The summed E-state index contributed by atoms with van der Waals surface area (Å²) in [6.07, 6.45) is 7.61.